The van der Waals surface area contributed by atoms with Gasteiger partial charge in [0.1, 0.15) is 0 Å². The van der Waals surface area contributed by atoms with Gasteiger partial charge in [0.05, 0.1) is 0 Å². The topological polar surface area (TPSA) is 0 Å². The molecule has 33 valence electrons. The molecule has 0 aromatic carbocycles. The van der Waals surface area contributed by atoms with Gasteiger partial charge < -0.3 is 0 Å². The Morgan fingerprint density at radius 1 is 1.43 bits per heavy atom. The van der Waals surface area contributed by atoms with Gasteiger partial charge in [-0.2, -0.15) is 0 Å². The molecule has 1 heteroatoms. The number of hydrogen-bond donors (Lipinski definition) is 0. The summed E-state index contributed by atoms with van der Waals surface area (Å²) in [5.74, 6) is 0. The summed E-state index contributed by atoms with van der Waals surface area (Å²) < 4.78 is 0. The van der Waals surface area contributed by atoms with Crippen LogP contribution >= 0.6 is 0 Å². The van der Waals surface area contributed by atoms with Crippen LogP contribution in [-0.4, -0.2) is 18.9 Å². The van der Waals surface area contributed by atoms with Crippen molar-refractivity contribution in [3.63, 3.8) is 0 Å². The Bertz CT molecular complexity index is 70.2. The van der Waals surface area contributed by atoms with E-state index in [1.807, 2.05) is 12.2 Å². The third-order valence-corrected chi connectivity index (χ3v) is 0.806. The van der Waals surface area contributed by atoms with E-state index in [4.69, 9.17) is 0 Å². The van der Waals surface area contributed by atoms with Gasteiger partial charge in [0.15, 0.2) is 0 Å². The molecule has 0 amide bonds. The summed E-state index contributed by atoms with van der Waals surface area (Å²) in [5, 5.41) is 0. The summed E-state index contributed by atoms with van der Waals surface area (Å²) in [6.45, 7) is 0. The monoisotopic (exact) mass is 87.1 g/mol. The van der Waals surface area contributed by atoms with E-state index in [-0.39, 0.29) is 18.9 Å². The molecule has 7 heavy (non-hydrogen) atoms. The van der Waals surface area contributed by atoms with Gasteiger partial charge in [-0.1, -0.05) is 18.2 Å². The molecule has 0 heterocycles. The van der Waals surface area contributed by atoms with Crippen molar-refractivity contribution < 1.29 is 0 Å². The molecule has 0 N–H and O–H groups in total. The fourth-order valence-corrected chi connectivity index (χ4v) is 0.482. The van der Waals surface area contributed by atoms with E-state index in [0.29, 0.717) is 0 Å². The molecular formula is C6H8Li. The second kappa shape index (κ2) is 4.24. The standard InChI is InChI=1S/C6H7.Li.H/c1-2-4-6-5-3-1;;/h1-3H,4,6H2;;. The third kappa shape index (κ3) is 2.74. The van der Waals surface area contributed by atoms with E-state index in [1.165, 1.54) is 6.42 Å². The van der Waals surface area contributed by atoms with Gasteiger partial charge in [-0.05, 0) is 18.9 Å². The molecule has 0 saturated heterocycles. The molecule has 1 rings (SSSR count). The minimum atomic E-state index is 0. The van der Waals surface area contributed by atoms with Gasteiger partial charge >= 0.3 is 18.9 Å². The van der Waals surface area contributed by atoms with Gasteiger partial charge in [-0.3, -0.25) is 0 Å². The van der Waals surface area contributed by atoms with E-state index in [1.54, 1.807) is 0 Å². The Hall–Kier alpha value is 0.0774. The van der Waals surface area contributed by atoms with Crippen LogP contribution in [0.5, 0.6) is 0 Å². The summed E-state index contributed by atoms with van der Waals surface area (Å²) in [6.07, 6.45) is 11.5. The fraction of sp³-hybridized carbons (Fsp3) is 0.333. The van der Waals surface area contributed by atoms with Crippen LogP contribution in [0.1, 0.15) is 12.8 Å². The first kappa shape index (κ1) is 7.08. The molecule has 0 atom stereocenters. The van der Waals surface area contributed by atoms with Gasteiger partial charge in [-0.15, -0.1) is 0 Å². The predicted octanol–water partition coefficient (Wildman–Crippen LogP) is 1.05. The molecule has 0 fully saturated rings. The second-order valence-corrected chi connectivity index (χ2v) is 1.34. The molecule has 0 aromatic heterocycles. The van der Waals surface area contributed by atoms with Gasteiger partial charge in [0.25, 0.3) is 0 Å². The normalized spacial score (nSPS) is 16.0. The zero-order valence-corrected chi connectivity index (χ0v) is 3.65. The van der Waals surface area contributed by atoms with E-state index < -0.39 is 0 Å². The molecule has 0 saturated carbocycles. The summed E-state index contributed by atoms with van der Waals surface area (Å²) in [6, 6.07) is 0. The Morgan fingerprint density at radius 2 is 2.29 bits per heavy atom. The SMILES string of the molecule is [C]1=CC=CCC1.[LiH]. The Balaban J connectivity index is 0.000000360. The maximum atomic E-state index is 3.07. The van der Waals surface area contributed by atoms with Crippen LogP contribution in [0.3, 0.4) is 0 Å². The molecule has 1 radical (unpaired) electrons. The molecule has 0 spiro atoms. The van der Waals surface area contributed by atoms with Crippen LogP contribution in [-0.2, 0) is 0 Å². The Labute approximate surface area is 56.5 Å². The maximum absolute atomic E-state index is 3.07. The molecule has 0 aliphatic heterocycles. The average Bonchev–Trinajstić information content (AvgIpc) is 1.72. The van der Waals surface area contributed by atoms with Gasteiger partial charge in [0.2, 0.25) is 0 Å². The molecule has 0 nitrogen and oxygen atoms in total. The van der Waals surface area contributed by atoms with E-state index >= 15 is 0 Å². The van der Waals surface area contributed by atoms with E-state index in [9.17, 15) is 0 Å². The van der Waals surface area contributed by atoms with E-state index in [2.05, 4.69) is 12.2 Å². The zero-order valence-electron chi connectivity index (χ0n) is 3.65. The van der Waals surface area contributed by atoms with Crippen molar-refractivity contribution in [1.82, 2.24) is 0 Å². The van der Waals surface area contributed by atoms with E-state index in [0.717, 1.165) is 6.42 Å². The van der Waals surface area contributed by atoms with Crippen molar-refractivity contribution in [2.45, 2.75) is 12.8 Å². The van der Waals surface area contributed by atoms with Crippen molar-refractivity contribution in [3.05, 3.63) is 24.3 Å². The predicted molar refractivity (Wildman–Crippen MR) is 33.3 cm³/mol. The molecule has 0 bridgehead atoms. The zero-order chi connectivity index (χ0) is 4.24. The summed E-state index contributed by atoms with van der Waals surface area (Å²) in [4.78, 5) is 0. The second-order valence-electron chi connectivity index (χ2n) is 1.34. The van der Waals surface area contributed by atoms with Crippen LogP contribution in [0, 0.1) is 6.08 Å². The van der Waals surface area contributed by atoms with Gasteiger partial charge in [-0.25, -0.2) is 0 Å². The van der Waals surface area contributed by atoms with Crippen molar-refractivity contribution >= 4 is 18.9 Å². The number of hydrogen-bond acceptors (Lipinski definition) is 0. The first-order chi connectivity index (χ1) is 3.00. The summed E-state index contributed by atoms with van der Waals surface area (Å²) >= 11 is 0. The Kier molecular flexibility index (Phi) is 4.29. The van der Waals surface area contributed by atoms with Crippen LogP contribution < -0.4 is 0 Å². The minimum absolute atomic E-state index is 0. The van der Waals surface area contributed by atoms with Crippen molar-refractivity contribution in [2.24, 2.45) is 0 Å². The Morgan fingerprint density at radius 3 is 2.43 bits per heavy atom. The van der Waals surface area contributed by atoms with Crippen LogP contribution in [0.2, 0.25) is 0 Å². The quantitative estimate of drug-likeness (QED) is 0.387. The first-order valence-electron chi connectivity index (χ1n) is 2.22. The van der Waals surface area contributed by atoms with Crippen molar-refractivity contribution in [1.29, 1.82) is 0 Å². The number of rotatable bonds is 0. The van der Waals surface area contributed by atoms with Crippen molar-refractivity contribution in [2.75, 3.05) is 0 Å². The molecule has 0 aromatic rings. The molecular weight excluding hydrogens is 79.0 g/mol. The average molecular weight is 87.1 g/mol. The summed E-state index contributed by atoms with van der Waals surface area (Å²) in [5.41, 5.74) is 0. The third-order valence-electron chi connectivity index (χ3n) is 0.806. The molecule has 0 unspecified atom stereocenters. The van der Waals surface area contributed by atoms with Crippen LogP contribution in [0.4, 0.5) is 0 Å². The molecule has 1 aliphatic carbocycles. The van der Waals surface area contributed by atoms with Crippen LogP contribution in [0.25, 0.3) is 0 Å². The first-order valence-corrected chi connectivity index (χ1v) is 2.22. The molecule has 1 aliphatic rings. The van der Waals surface area contributed by atoms with Crippen molar-refractivity contribution in [3.8, 4) is 0 Å². The van der Waals surface area contributed by atoms with Gasteiger partial charge in [0, 0.05) is 0 Å². The number of allylic oxidation sites excluding steroid dienone is 4. The van der Waals surface area contributed by atoms with Crippen LogP contribution in [0.15, 0.2) is 18.2 Å². The summed E-state index contributed by atoms with van der Waals surface area (Å²) in [7, 11) is 0. The fourth-order valence-electron chi connectivity index (χ4n) is 0.482.